The van der Waals surface area contributed by atoms with Crippen molar-refractivity contribution in [3.05, 3.63) is 17.7 Å². The molecule has 2 heterocycles. The van der Waals surface area contributed by atoms with E-state index in [4.69, 9.17) is 14.2 Å². The maximum Gasteiger partial charge on any atom is 0.311 e. The predicted octanol–water partition coefficient (Wildman–Crippen LogP) is 2.50. The van der Waals surface area contributed by atoms with E-state index in [2.05, 4.69) is 0 Å². The van der Waals surface area contributed by atoms with Gasteiger partial charge in [-0.25, -0.2) is 0 Å². The third-order valence-corrected chi connectivity index (χ3v) is 6.16. The van der Waals surface area contributed by atoms with Crippen LogP contribution in [0.4, 0.5) is 0 Å². The van der Waals surface area contributed by atoms with E-state index < -0.39 is 11.4 Å². The number of rotatable bonds is 7. The summed E-state index contributed by atoms with van der Waals surface area (Å²) in [4.78, 5) is 26.8. The van der Waals surface area contributed by atoms with E-state index in [-0.39, 0.29) is 24.4 Å². The second kappa shape index (κ2) is 7.29. The van der Waals surface area contributed by atoms with Crippen LogP contribution in [0.3, 0.4) is 0 Å². The Bertz CT molecular complexity index is 723. The van der Waals surface area contributed by atoms with Crippen LogP contribution in [-0.2, 0) is 16.0 Å². The van der Waals surface area contributed by atoms with Crippen LogP contribution in [-0.4, -0.2) is 55.3 Å². The van der Waals surface area contributed by atoms with Crippen molar-refractivity contribution in [2.45, 2.75) is 51.1 Å². The topological polar surface area (TPSA) is 85.3 Å². The summed E-state index contributed by atoms with van der Waals surface area (Å²) in [5.41, 5.74) is -0.0633. The number of benzene rings is 1. The molecular formula is C20H27NO6. The fourth-order valence-electron chi connectivity index (χ4n) is 4.82. The number of carbonyl (C=O) groups is 2. The number of amides is 1. The molecule has 7 heteroatoms. The van der Waals surface area contributed by atoms with Crippen LogP contribution in [0.1, 0.15) is 38.2 Å². The van der Waals surface area contributed by atoms with Crippen molar-refractivity contribution in [1.82, 2.24) is 4.90 Å². The van der Waals surface area contributed by atoms with Gasteiger partial charge in [0.15, 0.2) is 11.5 Å². The van der Waals surface area contributed by atoms with Crippen LogP contribution in [0.25, 0.3) is 0 Å². The fraction of sp³-hybridized carbons (Fsp3) is 0.600. The molecule has 0 aromatic heterocycles. The smallest absolute Gasteiger partial charge is 0.311 e. The number of aliphatic carboxylic acids is 1. The van der Waals surface area contributed by atoms with Gasteiger partial charge in [-0.15, -0.1) is 0 Å². The van der Waals surface area contributed by atoms with Gasteiger partial charge in [-0.1, -0.05) is 6.92 Å². The number of hydrogen-bond acceptors (Lipinski definition) is 5. The molecule has 2 bridgehead atoms. The number of nitrogens with zero attached hydrogens (tertiary/aromatic N) is 1. The molecule has 0 radical (unpaired) electrons. The molecule has 1 aromatic rings. The van der Waals surface area contributed by atoms with Gasteiger partial charge in [-0.05, 0) is 43.4 Å². The highest BCUT2D eigenvalue weighted by Crippen LogP contribution is 2.52. The molecule has 3 rings (SSSR count). The molecule has 7 nitrogen and oxygen atoms in total. The van der Waals surface area contributed by atoms with Crippen LogP contribution in [0, 0.1) is 5.41 Å². The molecule has 0 spiro atoms. The zero-order chi connectivity index (χ0) is 19.8. The maximum atomic E-state index is 13.1. The molecule has 2 aliphatic heterocycles. The molecule has 2 fully saturated rings. The summed E-state index contributed by atoms with van der Waals surface area (Å²) in [6.45, 7) is 1.90. The number of fused-ring (bicyclic) bond motifs is 2. The predicted molar refractivity (Wildman–Crippen MR) is 98.4 cm³/mol. The lowest BCUT2D eigenvalue weighted by Gasteiger charge is -2.32. The Kier molecular flexibility index (Phi) is 5.22. The number of carboxylic acid groups (broad SMARTS) is 1. The van der Waals surface area contributed by atoms with Crippen molar-refractivity contribution < 1.29 is 28.9 Å². The summed E-state index contributed by atoms with van der Waals surface area (Å²) < 4.78 is 16.0. The summed E-state index contributed by atoms with van der Waals surface area (Å²) in [7, 11) is 4.60. The monoisotopic (exact) mass is 377 g/mol. The first-order valence-electron chi connectivity index (χ1n) is 9.25. The number of ether oxygens (including phenoxy) is 3. The molecule has 0 aliphatic carbocycles. The first-order chi connectivity index (χ1) is 12.9. The molecule has 1 aromatic carbocycles. The van der Waals surface area contributed by atoms with E-state index in [1.807, 2.05) is 11.8 Å². The van der Waals surface area contributed by atoms with Gasteiger partial charge in [0, 0.05) is 12.1 Å². The summed E-state index contributed by atoms with van der Waals surface area (Å²) in [5.74, 6) is 0.638. The number of carboxylic acids is 1. The zero-order valence-corrected chi connectivity index (χ0v) is 16.3. The highest BCUT2D eigenvalue weighted by molar-refractivity contribution is 5.84. The molecule has 3 atom stereocenters. The second-order valence-corrected chi connectivity index (χ2v) is 7.28. The number of hydrogen-bond donors (Lipinski definition) is 1. The van der Waals surface area contributed by atoms with E-state index in [0.717, 1.165) is 18.4 Å². The van der Waals surface area contributed by atoms with Gasteiger partial charge in [0.25, 0.3) is 0 Å². The summed E-state index contributed by atoms with van der Waals surface area (Å²) in [6.07, 6.45) is 2.89. The summed E-state index contributed by atoms with van der Waals surface area (Å²) in [5, 5.41) is 9.78. The number of carbonyl (C=O) groups excluding carboxylic acids is 1. The summed E-state index contributed by atoms with van der Waals surface area (Å²) >= 11 is 0. The van der Waals surface area contributed by atoms with E-state index in [0.29, 0.717) is 30.1 Å². The lowest BCUT2D eigenvalue weighted by Crippen LogP contribution is -2.45. The molecule has 1 N–H and O–H groups in total. The van der Waals surface area contributed by atoms with Crippen LogP contribution >= 0.6 is 0 Å². The molecule has 27 heavy (non-hydrogen) atoms. The van der Waals surface area contributed by atoms with Crippen LogP contribution < -0.4 is 14.2 Å². The Hall–Kier alpha value is -2.44. The minimum Gasteiger partial charge on any atom is -0.493 e. The Morgan fingerprint density at radius 2 is 1.78 bits per heavy atom. The standard InChI is InChI=1S/C20H27NO6/c1-5-20(19(23)24)11-13-6-7-16(20)21(13)17(22)10-12-8-14(25-2)18(27-4)15(9-12)26-3/h8-9,13,16H,5-7,10-11H2,1-4H3,(H,23,24)/t13-,16+,20+/m0/s1. The largest absolute Gasteiger partial charge is 0.493 e. The minimum atomic E-state index is -0.812. The molecule has 0 unspecified atom stereocenters. The highest BCUT2D eigenvalue weighted by Gasteiger charge is 2.60. The summed E-state index contributed by atoms with van der Waals surface area (Å²) in [6, 6.07) is 3.32. The first kappa shape index (κ1) is 19.3. The van der Waals surface area contributed by atoms with Crippen molar-refractivity contribution in [2.24, 2.45) is 5.41 Å². The van der Waals surface area contributed by atoms with E-state index in [1.165, 1.54) is 21.3 Å². The van der Waals surface area contributed by atoms with E-state index in [1.54, 1.807) is 12.1 Å². The maximum absolute atomic E-state index is 13.1. The number of methoxy groups -OCH3 is 3. The van der Waals surface area contributed by atoms with Crippen LogP contribution in [0.5, 0.6) is 17.2 Å². The van der Waals surface area contributed by atoms with Crippen molar-refractivity contribution >= 4 is 11.9 Å². The van der Waals surface area contributed by atoms with Crippen LogP contribution in [0.15, 0.2) is 12.1 Å². The first-order valence-corrected chi connectivity index (χ1v) is 9.25. The fourth-order valence-corrected chi connectivity index (χ4v) is 4.82. The third-order valence-electron chi connectivity index (χ3n) is 6.16. The molecule has 1 amide bonds. The SMILES string of the molecule is CC[C@@]1(C(=O)O)C[C@@H]2CC[C@H]1N2C(=O)Cc1cc(OC)c(OC)c(OC)c1. The Labute approximate surface area is 159 Å². The average molecular weight is 377 g/mol. The Balaban J connectivity index is 1.85. The van der Waals surface area contributed by atoms with Crippen molar-refractivity contribution in [2.75, 3.05) is 21.3 Å². The molecule has 2 saturated heterocycles. The molecule has 0 saturated carbocycles. The van der Waals surface area contributed by atoms with E-state index >= 15 is 0 Å². The lowest BCUT2D eigenvalue weighted by atomic mass is 9.72. The Morgan fingerprint density at radius 3 is 2.22 bits per heavy atom. The molecular weight excluding hydrogens is 350 g/mol. The normalized spacial score (nSPS) is 26.1. The lowest BCUT2D eigenvalue weighted by molar-refractivity contribution is -0.151. The zero-order valence-electron chi connectivity index (χ0n) is 16.3. The van der Waals surface area contributed by atoms with Crippen molar-refractivity contribution in [3.63, 3.8) is 0 Å². The minimum absolute atomic E-state index is 0.0144. The average Bonchev–Trinajstić information content (AvgIpc) is 3.23. The van der Waals surface area contributed by atoms with Gasteiger partial charge >= 0.3 is 5.97 Å². The van der Waals surface area contributed by atoms with Gasteiger partial charge in [0.2, 0.25) is 11.7 Å². The molecule has 148 valence electrons. The quantitative estimate of drug-likeness (QED) is 0.786. The van der Waals surface area contributed by atoms with Crippen LogP contribution in [0.2, 0.25) is 0 Å². The Morgan fingerprint density at radius 1 is 1.15 bits per heavy atom. The van der Waals surface area contributed by atoms with Gasteiger partial charge in [-0.2, -0.15) is 0 Å². The van der Waals surface area contributed by atoms with Crippen molar-refractivity contribution in [1.29, 1.82) is 0 Å². The molecule has 2 aliphatic rings. The third kappa shape index (κ3) is 2.99. The van der Waals surface area contributed by atoms with Gasteiger partial charge in [0.1, 0.15) is 0 Å². The van der Waals surface area contributed by atoms with Gasteiger partial charge in [-0.3, -0.25) is 9.59 Å². The van der Waals surface area contributed by atoms with E-state index in [9.17, 15) is 14.7 Å². The second-order valence-electron chi connectivity index (χ2n) is 7.28. The van der Waals surface area contributed by atoms with Gasteiger partial charge < -0.3 is 24.2 Å². The van der Waals surface area contributed by atoms with Crippen molar-refractivity contribution in [3.8, 4) is 17.2 Å². The van der Waals surface area contributed by atoms with Gasteiger partial charge in [0.05, 0.1) is 33.2 Å². The highest BCUT2D eigenvalue weighted by atomic mass is 16.5.